The van der Waals surface area contributed by atoms with Crippen molar-refractivity contribution in [3.05, 3.63) is 81.6 Å². The van der Waals surface area contributed by atoms with Gasteiger partial charge in [-0.3, -0.25) is 20.0 Å². The number of furan rings is 1. The first-order chi connectivity index (χ1) is 14.0. The van der Waals surface area contributed by atoms with Gasteiger partial charge in [-0.25, -0.2) is 0 Å². The predicted octanol–water partition coefficient (Wildman–Crippen LogP) is 4.65. The summed E-state index contributed by atoms with van der Waals surface area (Å²) in [7, 11) is 0. The van der Waals surface area contributed by atoms with Crippen molar-refractivity contribution in [1.29, 1.82) is 0 Å². The second-order valence-electron chi connectivity index (χ2n) is 5.90. The van der Waals surface area contributed by atoms with E-state index in [1.165, 1.54) is 12.4 Å². The number of thiocarbonyl (C=S) groups is 1. The van der Waals surface area contributed by atoms with Crippen molar-refractivity contribution in [2.45, 2.75) is 0 Å². The topological polar surface area (TPSA) is 75.4 Å². The number of nitrogens with zero attached hydrogens (tertiary/aromatic N) is 2. The molecule has 0 bridgehead atoms. The van der Waals surface area contributed by atoms with Crippen LogP contribution in [0, 0.1) is 0 Å². The molecule has 4 rings (SSSR count). The van der Waals surface area contributed by atoms with E-state index in [0.717, 1.165) is 26.8 Å². The van der Waals surface area contributed by atoms with Gasteiger partial charge in [0.1, 0.15) is 11.5 Å². The molecule has 1 aliphatic heterocycles. The maximum absolute atomic E-state index is 12.7. The molecular formula is C20H12BrN3O3S2. The van der Waals surface area contributed by atoms with Crippen LogP contribution in [0.2, 0.25) is 0 Å². The Hall–Kier alpha value is -2.75. The molecule has 1 aliphatic rings. The fourth-order valence-electron chi connectivity index (χ4n) is 2.56. The molecule has 2 amide bonds. The van der Waals surface area contributed by atoms with Crippen molar-refractivity contribution < 1.29 is 14.0 Å². The zero-order valence-electron chi connectivity index (χ0n) is 14.7. The first-order valence-electron chi connectivity index (χ1n) is 8.36. The standard InChI is InChI=1S/C20H12BrN3O3S2/c21-14-3-1-12(2-4-14)16-6-5-15(27-16)11-17-19(26)24(20(28)29-17)23-18(25)13-7-9-22-10-8-13/h1-11H,(H,23,25)/b17-11+. The number of amides is 2. The molecule has 0 unspecified atom stereocenters. The van der Waals surface area contributed by atoms with Gasteiger partial charge in [-0.15, -0.1) is 0 Å². The third-order valence-electron chi connectivity index (χ3n) is 3.98. The zero-order chi connectivity index (χ0) is 20.4. The molecule has 1 fully saturated rings. The average Bonchev–Trinajstić information content (AvgIpc) is 3.29. The largest absolute Gasteiger partial charge is 0.457 e. The summed E-state index contributed by atoms with van der Waals surface area (Å²) in [6.07, 6.45) is 4.61. The van der Waals surface area contributed by atoms with Crippen molar-refractivity contribution in [3.8, 4) is 11.3 Å². The summed E-state index contributed by atoms with van der Waals surface area (Å²) in [6, 6.07) is 14.4. The molecule has 3 heterocycles. The highest BCUT2D eigenvalue weighted by Crippen LogP contribution is 2.33. The third kappa shape index (κ3) is 4.31. The van der Waals surface area contributed by atoms with Crippen molar-refractivity contribution in [1.82, 2.24) is 15.4 Å². The van der Waals surface area contributed by atoms with Crippen molar-refractivity contribution in [2.75, 3.05) is 0 Å². The number of hydrogen-bond acceptors (Lipinski definition) is 6. The van der Waals surface area contributed by atoms with Gasteiger partial charge in [0, 0.05) is 34.1 Å². The van der Waals surface area contributed by atoms with Crippen LogP contribution in [0.3, 0.4) is 0 Å². The van der Waals surface area contributed by atoms with E-state index in [0.29, 0.717) is 22.0 Å². The van der Waals surface area contributed by atoms with Gasteiger partial charge < -0.3 is 4.42 Å². The lowest BCUT2D eigenvalue weighted by molar-refractivity contribution is -0.123. The number of nitrogens with one attached hydrogen (secondary N) is 1. The Labute approximate surface area is 184 Å². The second kappa shape index (κ2) is 8.32. The molecule has 0 atom stereocenters. The molecule has 0 aliphatic carbocycles. The minimum Gasteiger partial charge on any atom is -0.457 e. The highest BCUT2D eigenvalue weighted by atomic mass is 79.9. The fourth-order valence-corrected chi connectivity index (χ4v) is 3.99. The van der Waals surface area contributed by atoms with Crippen LogP contribution in [-0.4, -0.2) is 26.1 Å². The van der Waals surface area contributed by atoms with Crippen LogP contribution in [0.5, 0.6) is 0 Å². The van der Waals surface area contributed by atoms with E-state index in [1.807, 2.05) is 30.3 Å². The summed E-state index contributed by atoms with van der Waals surface area (Å²) in [5.74, 6) is 0.346. The van der Waals surface area contributed by atoms with Gasteiger partial charge in [0.15, 0.2) is 4.32 Å². The molecule has 0 radical (unpaired) electrons. The summed E-state index contributed by atoms with van der Waals surface area (Å²) in [6.45, 7) is 0. The third-order valence-corrected chi connectivity index (χ3v) is 5.81. The number of hydrogen-bond donors (Lipinski definition) is 1. The van der Waals surface area contributed by atoms with E-state index < -0.39 is 11.8 Å². The number of aromatic nitrogens is 1. The average molecular weight is 486 g/mol. The number of carbonyl (C=O) groups is 2. The molecule has 6 nitrogen and oxygen atoms in total. The number of halogens is 1. The maximum Gasteiger partial charge on any atom is 0.285 e. The SMILES string of the molecule is O=C(NN1C(=O)/C(=C\c2ccc(-c3ccc(Br)cc3)o2)SC1=S)c1ccncc1. The molecular weight excluding hydrogens is 474 g/mol. The Balaban J connectivity index is 1.50. The summed E-state index contributed by atoms with van der Waals surface area (Å²) in [5.41, 5.74) is 3.83. The molecule has 1 N–H and O–H groups in total. The molecule has 9 heteroatoms. The lowest BCUT2D eigenvalue weighted by Crippen LogP contribution is -2.44. The zero-order valence-corrected chi connectivity index (χ0v) is 17.9. The van der Waals surface area contributed by atoms with E-state index in [1.54, 1.807) is 24.3 Å². The summed E-state index contributed by atoms with van der Waals surface area (Å²) in [4.78, 5) is 29.2. The minimum atomic E-state index is -0.444. The van der Waals surface area contributed by atoms with E-state index in [9.17, 15) is 9.59 Å². The summed E-state index contributed by atoms with van der Waals surface area (Å²) in [5, 5.41) is 1.06. The summed E-state index contributed by atoms with van der Waals surface area (Å²) < 4.78 is 7.04. The number of thioether (sulfide) groups is 1. The number of rotatable bonds is 4. The Bertz CT molecular complexity index is 1130. The summed E-state index contributed by atoms with van der Waals surface area (Å²) >= 11 is 9.74. The van der Waals surface area contributed by atoms with E-state index >= 15 is 0 Å². The molecule has 0 saturated carbocycles. The smallest absolute Gasteiger partial charge is 0.285 e. The van der Waals surface area contributed by atoms with Gasteiger partial charge in [-0.2, -0.15) is 5.01 Å². The van der Waals surface area contributed by atoms with Gasteiger partial charge in [-0.05, 0) is 48.6 Å². The molecule has 1 saturated heterocycles. The Morgan fingerprint density at radius 1 is 1.14 bits per heavy atom. The van der Waals surface area contributed by atoms with Crippen LogP contribution in [-0.2, 0) is 4.79 Å². The predicted molar refractivity (Wildman–Crippen MR) is 119 cm³/mol. The molecule has 144 valence electrons. The van der Waals surface area contributed by atoms with E-state index in [2.05, 4.69) is 26.3 Å². The van der Waals surface area contributed by atoms with E-state index in [4.69, 9.17) is 16.6 Å². The number of hydrazine groups is 1. The molecule has 3 aromatic rings. The van der Waals surface area contributed by atoms with Gasteiger partial charge in [0.25, 0.3) is 11.8 Å². The monoisotopic (exact) mass is 485 g/mol. The van der Waals surface area contributed by atoms with Crippen molar-refractivity contribution in [2.24, 2.45) is 0 Å². The van der Waals surface area contributed by atoms with Gasteiger partial charge >= 0.3 is 0 Å². The van der Waals surface area contributed by atoms with Crippen molar-refractivity contribution in [3.63, 3.8) is 0 Å². The lowest BCUT2D eigenvalue weighted by atomic mass is 10.2. The van der Waals surface area contributed by atoms with Crippen LogP contribution < -0.4 is 5.43 Å². The normalized spacial score (nSPS) is 15.2. The van der Waals surface area contributed by atoms with Crippen LogP contribution in [0.15, 0.2) is 74.7 Å². The quantitative estimate of drug-likeness (QED) is 0.428. The Morgan fingerprint density at radius 3 is 2.59 bits per heavy atom. The van der Waals surface area contributed by atoms with Crippen LogP contribution in [0.4, 0.5) is 0 Å². The Kier molecular flexibility index (Phi) is 5.61. The van der Waals surface area contributed by atoms with Crippen LogP contribution in [0.1, 0.15) is 16.1 Å². The number of pyridine rings is 1. The lowest BCUT2D eigenvalue weighted by Gasteiger charge is -2.15. The molecule has 0 spiro atoms. The fraction of sp³-hybridized carbons (Fsp3) is 0. The van der Waals surface area contributed by atoms with Crippen LogP contribution >= 0.6 is 39.9 Å². The van der Waals surface area contributed by atoms with Gasteiger partial charge in [0.2, 0.25) is 0 Å². The minimum absolute atomic E-state index is 0.239. The maximum atomic E-state index is 12.7. The first kappa shape index (κ1) is 19.6. The second-order valence-corrected chi connectivity index (χ2v) is 8.49. The van der Waals surface area contributed by atoms with Crippen molar-refractivity contribution >= 4 is 62.1 Å². The van der Waals surface area contributed by atoms with Crippen LogP contribution in [0.25, 0.3) is 17.4 Å². The van der Waals surface area contributed by atoms with Gasteiger partial charge in [0.05, 0.1) is 4.91 Å². The molecule has 2 aromatic heterocycles. The van der Waals surface area contributed by atoms with Gasteiger partial charge in [-0.1, -0.05) is 39.8 Å². The van der Waals surface area contributed by atoms with E-state index in [-0.39, 0.29) is 4.32 Å². The highest BCUT2D eigenvalue weighted by molar-refractivity contribution is 9.10. The number of benzene rings is 1. The molecule has 29 heavy (non-hydrogen) atoms. The Morgan fingerprint density at radius 2 is 1.86 bits per heavy atom. The molecule has 1 aromatic carbocycles. The highest BCUT2D eigenvalue weighted by Gasteiger charge is 2.34. The first-order valence-corrected chi connectivity index (χ1v) is 10.4. The number of carbonyl (C=O) groups excluding carboxylic acids is 2.